The van der Waals surface area contributed by atoms with Gasteiger partial charge in [-0.25, -0.2) is 4.98 Å². The first-order valence-corrected chi connectivity index (χ1v) is 7.15. The van der Waals surface area contributed by atoms with Crippen molar-refractivity contribution in [3.63, 3.8) is 0 Å². The third kappa shape index (κ3) is 3.32. The Balaban J connectivity index is 2.16. The van der Waals surface area contributed by atoms with Gasteiger partial charge >= 0.3 is 5.97 Å². The van der Waals surface area contributed by atoms with Gasteiger partial charge in [0.2, 0.25) is 0 Å². The number of hydrogen-bond acceptors (Lipinski definition) is 4. The summed E-state index contributed by atoms with van der Waals surface area (Å²) in [7, 11) is 0. The van der Waals surface area contributed by atoms with Crippen LogP contribution in [0.25, 0.3) is 0 Å². The van der Waals surface area contributed by atoms with E-state index in [0.29, 0.717) is 24.3 Å². The molecule has 1 heterocycles. The van der Waals surface area contributed by atoms with Gasteiger partial charge in [0, 0.05) is 12.2 Å². The van der Waals surface area contributed by atoms with Crippen molar-refractivity contribution in [3.8, 4) is 0 Å². The molecule has 21 heavy (non-hydrogen) atoms. The maximum atomic E-state index is 11.6. The van der Waals surface area contributed by atoms with Crippen molar-refractivity contribution in [2.24, 2.45) is 17.6 Å². The van der Waals surface area contributed by atoms with E-state index in [1.165, 1.54) is 0 Å². The number of hydrogen-bond donors (Lipinski definition) is 3. The lowest BCUT2D eigenvalue weighted by atomic mass is 9.96. The smallest absolute Gasteiger partial charge is 0.306 e. The summed E-state index contributed by atoms with van der Waals surface area (Å²) in [5.41, 5.74) is 7.36. The number of nitrogens with zero attached hydrogens (tertiary/aromatic N) is 1. The lowest BCUT2D eigenvalue weighted by molar-refractivity contribution is -0.142. The molecule has 0 aliphatic heterocycles. The number of nitrogens with one attached hydrogen (secondary N) is 1. The molecule has 0 radical (unpaired) electrons. The van der Waals surface area contributed by atoms with Gasteiger partial charge in [-0.1, -0.05) is 6.42 Å². The summed E-state index contributed by atoms with van der Waals surface area (Å²) in [6, 6.07) is 1.81. The number of aliphatic carboxylic acids is 1. The van der Waals surface area contributed by atoms with Gasteiger partial charge in [-0.3, -0.25) is 9.59 Å². The predicted octanol–water partition coefficient (Wildman–Crippen LogP) is 1.71. The highest BCUT2D eigenvalue weighted by molar-refractivity contribution is 5.99. The van der Waals surface area contributed by atoms with E-state index in [1.54, 1.807) is 6.07 Å². The summed E-state index contributed by atoms with van der Waals surface area (Å²) in [6.45, 7) is 4.15. The van der Waals surface area contributed by atoms with E-state index < -0.39 is 11.9 Å². The van der Waals surface area contributed by atoms with Crippen LogP contribution in [0.5, 0.6) is 0 Å². The van der Waals surface area contributed by atoms with Crippen LogP contribution in [0.3, 0.4) is 0 Å². The van der Waals surface area contributed by atoms with Crippen LogP contribution in [-0.4, -0.2) is 28.5 Å². The van der Waals surface area contributed by atoms with Gasteiger partial charge < -0.3 is 16.2 Å². The van der Waals surface area contributed by atoms with Crippen LogP contribution >= 0.6 is 0 Å². The van der Waals surface area contributed by atoms with Gasteiger partial charge in [0.15, 0.2) is 0 Å². The number of carbonyl (C=O) groups excluding carboxylic acids is 1. The number of nitrogens with two attached hydrogens (primary N) is 1. The molecule has 1 aliphatic rings. The molecule has 6 heteroatoms. The molecule has 4 N–H and O–H groups in total. The van der Waals surface area contributed by atoms with Gasteiger partial charge in [-0.15, -0.1) is 0 Å². The Labute approximate surface area is 123 Å². The van der Waals surface area contributed by atoms with Gasteiger partial charge in [0.05, 0.1) is 11.5 Å². The zero-order chi connectivity index (χ0) is 15.6. The minimum absolute atomic E-state index is 0.0610. The molecule has 2 atom stereocenters. The molecule has 1 fully saturated rings. The summed E-state index contributed by atoms with van der Waals surface area (Å²) in [6.07, 6.45) is 2.51. The maximum Gasteiger partial charge on any atom is 0.306 e. The SMILES string of the molecule is Cc1cc(C)c(C(N)=O)c(NCC2CCCC2C(=O)O)n1. The minimum Gasteiger partial charge on any atom is -0.481 e. The Kier molecular flexibility index (Phi) is 4.45. The van der Waals surface area contributed by atoms with Crippen molar-refractivity contribution >= 4 is 17.7 Å². The predicted molar refractivity (Wildman–Crippen MR) is 79.2 cm³/mol. The van der Waals surface area contributed by atoms with Gasteiger partial charge in [0.1, 0.15) is 5.82 Å². The minimum atomic E-state index is -0.747. The molecule has 0 aromatic carbocycles. The van der Waals surface area contributed by atoms with Crippen molar-refractivity contribution in [1.29, 1.82) is 0 Å². The van der Waals surface area contributed by atoms with Crippen LogP contribution in [0, 0.1) is 25.7 Å². The summed E-state index contributed by atoms with van der Waals surface area (Å²) >= 11 is 0. The van der Waals surface area contributed by atoms with Crippen LogP contribution in [0.15, 0.2) is 6.07 Å². The Morgan fingerprint density at radius 3 is 2.76 bits per heavy atom. The Morgan fingerprint density at radius 1 is 1.43 bits per heavy atom. The first-order chi connectivity index (χ1) is 9.90. The highest BCUT2D eigenvalue weighted by Gasteiger charge is 2.32. The number of carboxylic acids is 1. The lowest BCUT2D eigenvalue weighted by Crippen LogP contribution is -2.26. The molecule has 2 unspecified atom stereocenters. The van der Waals surface area contributed by atoms with E-state index in [1.807, 2.05) is 13.8 Å². The molecule has 0 spiro atoms. The number of anilines is 1. The number of carboxylic acid groups (broad SMARTS) is 1. The fraction of sp³-hybridized carbons (Fsp3) is 0.533. The molecule has 114 valence electrons. The monoisotopic (exact) mass is 291 g/mol. The Morgan fingerprint density at radius 2 is 2.14 bits per heavy atom. The summed E-state index contributed by atoms with van der Waals surface area (Å²) < 4.78 is 0. The van der Waals surface area contributed by atoms with Crippen molar-refractivity contribution in [2.45, 2.75) is 33.1 Å². The number of pyridine rings is 1. The third-order valence-corrected chi connectivity index (χ3v) is 4.10. The third-order valence-electron chi connectivity index (χ3n) is 4.10. The first-order valence-electron chi connectivity index (χ1n) is 7.15. The molecular formula is C15H21N3O3. The number of aromatic nitrogens is 1. The highest BCUT2D eigenvalue weighted by Crippen LogP contribution is 2.32. The zero-order valence-corrected chi connectivity index (χ0v) is 12.3. The normalized spacial score (nSPS) is 21.2. The molecule has 0 saturated heterocycles. The average molecular weight is 291 g/mol. The van der Waals surface area contributed by atoms with Crippen LogP contribution < -0.4 is 11.1 Å². The highest BCUT2D eigenvalue weighted by atomic mass is 16.4. The fourth-order valence-electron chi connectivity index (χ4n) is 3.11. The fourth-order valence-corrected chi connectivity index (χ4v) is 3.11. The molecule has 0 bridgehead atoms. The second-order valence-electron chi connectivity index (χ2n) is 5.69. The summed E-state index contributed by atoms with van der Waals surface area (Å²) in [5, 5.41) is 12.3. The largest absolute Gasteiger partial charge is 0.481 e. The van der Waals surface area contributed by atoms with Crippen molar-refractivity contribution in [1.82, 2.24) is 4.98 Å². The number of carbonyl (C=O) groups is 2. The molecule has 2 rings (SSSR count). The van der Waals surface area contributed by atoms with Crippen LogP contribution in [-0.2, 0) is 4.79 Å². The second kappa shape index (κ2) is 6.11. The molecule has 6 nitrogen and oxygen atoms in total. The standard InChI is InChI=1S/C15H21N3O3/c1-8-6-9(2)18-14(12(8)13(16)19)17-7-10-4-3-5-11(10)15(20)21/h6,10-11H,3-5,7H2,1-2H3,(H2,16,19)(H,17,18)(H,20,21). The lowest BCUT2D eigenvalue weighted by Gasteiger charge is -2.18. The topological polar surface area (TPSA) is 105 Å². The van der Waals surface area contributed by atoms with Gasteiger partial charge in [-0.2, -0.15) is 0 Å². The first kappa shape index (κ1) is 15.3. The van der Waals surface area contributed by atoms with E-state index in [9.17, 15) is 14.7 Å². The molecule has 1 aromatic heterocycles. The molecule has 1 saturated carbocycles. The molecular weight excluding hydrogens is 270 g/mol. The van der Waals surface area contributed by atoms with Crippen molar-refractivity contribution < 1.29 is 14.7 Å². The van der Waals surface area contributed by atoms with Crippen LogP contribution in [0.2, 0.25) is 0 Å². The Bertz CT molecular complexity index is 572. The molecule has 1 aromatic rings. The van der Waals surface area contributed by atoms with Gasteiger partial charge in [-0.05, 0) is 44.2 Å². The Hall–Kier alpha value is -2.11. The maximum absolute atomic E-state index is 11.6. The summed E-state index contributed by atoms with van der Waals surface area (Å²) in [4.78, 5) is 27.1. The number of primary amides is 1. The van der Waals surface area contributed by atoms with E-state index in [0.717, 1.165) is 24.1 Å². The van der Waals surface area contributed by atoms with Crippen LogP contribution in [0.1, 0.15) is 40.9 Å². The number of rotatable bonds is 5. The zero-order valence-electron chi connectivity index (χ0n) is 12.3. The second-order valence-corrected chi connectivity index (χ2v) is 5.69. The van der Waals surface area contributed by atoms with Crippen molar-refractivity contribution in [2.75, 3.05) is 11.9 Å². The quantitative estimate of drug-likeness (QED) is 0.766. The number of amides is 1. The van der Waals surface area contributed by atoms with Crippen LogP contribution in [0.4, 0.5) is 5.82 Å². The van der Waals surface area contributed by atoms with Crippen molar-refractivity contribution in [3.05, 3.63) is 22.9 Å². The number of aryl methyl sites for hydroxylation is 2. The van der Waals surface area contributed by atoms with E-state index in [-0.39, 0.29) is 11.8 Å². The summed E-state index contributed by atoms with van der Waals surface area (Å²) in [5.74, 6) is -1.08. The molecule has 1 amide bonds. The van der Waals surface area contributed by atoms with Gasteiger partial charge in [0.25, 0.3) is 5.91 Å². The molecule has 1 aliphatic carbocycles. The van der Waals surface area contributed by atoms with E-state index in [4.69, 9.17) is 5.73 Å². The average Bonchev–Trinajstić information content (AvgIpc) is 2.83. The van der Waals surface area contributed by atoms with E-state index in [2.05, 4.69) is 10.3 Å². The van der Waals surface area contributed by atoms with E-state index >= 15 is 0 Å².